The number of hydrogen-bond donors (Lipinski definition) is 0. The summed E-state index contributed by atoms with van der Waals surface area (Å²) in [7, 11) is 0. The van der Waals surface area contributed by atoms with E-state index in [2.05, 4.69) is 24.9 Å². The molecule has 2 fully saturated rings. The second-order valence-corrected chi connectivity index (χ2v) is 6.76. The predicted molar refractivity (Wildman–Crippen MR) is 86.3 cm³/mol. The van der Waals surface area contributed by atoms with E-state index in [9.17, 15) is 0 Å². The van der Waals surface area contributed by atoms with Gasteiger partial charge in [0.05, 0.1) is 30.1 Å². The van der Waals surface area contributed by atoms with Crippen LogP contribution in [0.5, 0.6) is 0 Å². The van der Waals surface area contributed by atoms with Crippen LogP contribution in [0.4, 0.5) is 0 Å². The standard InChI is InChI=1S/C17H21N5O2/c1-2-6-18-13(3-1)17-15-11-24-16-10-21(12-4-7-23-8-5-12)9-14(16)22(15)20-19-17/h1-3,6,12,14,16H,4-5,7-11H2/t14-,16-/m0/s1. The van der Waals surface area contributed by atoms with E-state index >= 15 is 0 Å². The molecule has 2 atom stereocenters. The van der Waals surface area contributed by atoms with Crippen molar-refractivity contribution in [1.82, 2.24) is 24.9 Å². The quantitative estimate of drug-likeness (QED) is 0.828. The van der Waals surface area contributed by atoms with E-state index < -0.39 is 0 Å². The Hall–Kier alpha value is -1.83. The topological polar surface area (TPSA) is 65.3 Å². The Morgan fingerprint density at radius 2 is 2.04 bits per heavy atom. The number of fused-ring (bicyclic) bond motifs is 3. The molecule has 5 rings (SSSR count). The van der Waals surface area contributed by atoms with Crippen molar-refractivity contribution < 1.29 is 9.47 Å². The highest BCUT2D eigenvalue weighted by Gasteiger charge is 2.42. The fourth-order valence-electron chi connectivity index (χ4n) is 4.13. The lowest BCUT2D eigenvalue weighted by Crippen LogP contribution is -2.38. The molecule has 0 unspecified atom stereocenters. The van der Waals surface area contributed by atoms with E-state index in [-0.39, 0.29) is 12.1 Å². The molecular formula is C17H21N5O2. The van der Waals surface area contributed by atoms with Crippen LogP contribution in [0.15, 0.2) is 24.4 Å². The number of ether oxygens (including phenoxy) is 2. The highest BCUT2D eigenvalue weighted by atomic mass is 16.5. The third-order valence-corrected chi connectivity index (χ3v) is 5.42. The lowest BCUT2D eigenvalue weighted by Gasteiger charge is -2.30. The Kier molecular flexibility index (Phi) is 3.57. The molecule has 3 aliphatic heterocycles. The fraction of sp³-hybridized carbons (Fsp3) is 0.588. The van der Waals surface area contributed by atoms with Crippen LogP contribution in [0.2, 0.25) is 0 Å². The van der Waals surface area contributed by atoms with Crippen LogP contribution < -0.4 is 0 Å². The lowest BCUT2D eigenvalue weighted by molar-refractivity contribution is -0.00871. The predicted octanol–water partition coefficient (Wildman–Crippen LogP) is 1.27. The molecule has 2 saturated heterocycles. The molecule has 2 aromatic heterocycles. The van der Waals surface area contributed by atoms with Crippen LogP contribution in [-0.2, 0) is 16.1 Å². The minimum Gasteiger partial charge on any atom is -0.381 e. The Morgan fingerprint density at radius 1 is 1.12 bits per heavy atom. The molecule has 0 amide bonds. The van der Waals surface area contributed by atoms with Crippen molar-refractivity contribution in [2.75, 3.05) is 26.3 Å². The summed E-state index contributed by atoms with van der Waals surface area (Å²) in [4.78, 5) is 6.96. The van der Waals surface area contributed by atoms with Crippen molar-refractivity contribution in [2.24, 2.45) is 0 Å². The van der Waals surface area contributed by atoms with E-state index in [0.29, 0.717) is 12.6 Å². The summed E-state index contributed by atoms with van der Waals surface area (Å²) >= 11 is 0. The highest BCUT2D eigenvalue weighted by Crippen LogP contribution is 2.35. The molecule has 0 aliphatic carbocycles. The maximum Gasteiger partial charge on any atom is 0.137 e. The van der Waals surface area contributed by atoms with Gasteiger partial charge in [-0.05, 0) is 25.0 Å². The van der Waals surface area contributed by atoms with Crippen molar-refractivity contribution in [2.45, 2.75) is 37.6 Å². The zero-order valence-corrected chi connectivity index (χ0v) is 13.5. The molecule has 5 heterocycles. The first-order valence-corrected chi connectivity index (χ1v) is 8.69. The monoisotopic (exact) mass is 327 g/mol. The van der Waals surface area contributed by atoms with Crippen molar-refractivity contribution in [3.8, 4) is 11.4 Å². The first-order valence-electron chi connectivity index (χ1n) is 8.69. The Balaban J connectivity index is 1.41. The molecule has 0 radical (unpaired) electrons. The summed E-state index contributed by atoms with van der Waals surface area (Å²) in [5.41, 5.74) is 2.75. The van der Waals surface area contributed by atoms with Crippen LogP contribution in [0, 0.1) is 0 Å². The van der Waals surface area contributed by atoms with Crippen LogP contribution in [0.1, 0.15) is 24.6 Å². The number of pyridine rings is 1. The van der Waals surface area contributed by atoms with Gasteiger partial charge in [-0.2, -0.15) is 0 Å². The average molecular weight is 327 g/mol. The molecule has 7 heteroatoms. The van der Waals surface area contributed by atoms with Crippen LogP contribution in [0.25, 0.3) is 11.4 Å². The van der Waals surface area contributed by atoms with E-state index in [1.54, 1.807) is 6.20 Å². The van der Waals surface area contributed by atoms with Gasteiger partial charge in [0, 0.05) is 38.5 Å². The summed E-state index contributed by atoms with van der Waals surface area (Å²) in [6, 6.07) is 6.72. The first kappa shape index (κ1) is 14.5. The van der Waals surface area contributed by atoms with Gasteiger partial charge in [-0.3, -0.25) is 9.88 Å². The normalized spacial score (nSPS) is 27.8. The fourth-order valence-corrected chi connectivity index (χ4v) is 4.13. The summed E-state index contributed by atoms with van der Waals surface area (Å²) in [6.07, 6.45) is 4.22. The van der Waals surface area contributed by atoms with E-state index in [0.717, 1.165) is 56.2 Å². The molecule has 0 aromatic carbocycles. The molecule has 0 bridgehead atoms. The smallest absolute Gasteiger partial charge is 0.137 e. The summed E-state index contributed by atoms with van der Waals surface area (Å²) < 4.78 is 13.7. The van der Waals surface area contributed by atoms with Gasteiger partial charge >= 0.3 is 0 Å². The third-order valence-electron chi connectivity index (χ3n) is 5.42. The van der Waals surface area contributed by atoms with Crippen LogP contribution in [-0.4, -0.2) is 63.3 Å². The minimum atomic E-state index is 0.207. The summed E-state index contributed by atoms with van der Waals surface area (Å²) in [5.74, 6) is 0. The number of aromatic nitrogens is 4. The Labute approximate surface area is 140 Å². The second-order valence-electron chi connectivity index (χ2n) is 6.76. The minimum absolute atomic E-state index is 0.207. The average Bonchev–Trinajstić information content (AvgIpc) is 3.27. The van der Waals surface area contributed by atoms with Crippen LogP contribution >= 0.6 is 0 Å². The number of nitrogens with zero attached hydrogens (tertiary/aromatic N) is 5. The molecule has 7 nitrogen and oxygen atoms in total. The SMILES string of the molecule is c1ccc(-c2nnn3c2CO[C@H]2CN(C4CCOCC4)C[C@@H]23)nc1. The van der Waals surface area contributed by atoms with Gasteiger partial charge in [-0.25, -0.2) is 4.68 Å². The van der Waals surface area contributed by atoms with Gasteiger partial charge in [0.25, 0.3) is 0 Å². The van der Waals surface area contributed by atoms with Crippen molar-refractivity contribution in [3.63, 3.8) is 0 Å². The molecule has 24 heavy (non-hydrogen) atoms. The van der Waals surface area contributed by atoms with E-state index in [1.165, 1.54) is 0 Å². The Bertz CT molecular complexity index is 713. The lowest BCUT2D eigenvalue weighted by atomic mass is 10.1. The highest BCUT2D eigenvalue weighted by molar-refractivity contribution is 5.56. The molecule has 126 valence electrons. The molecule has 3 aliphatic rings. The molecule has 2 aromatic rings. The van der Waals surface area contributed by atoms with Gasteiger partial charge in [0.1, 0.15) is 5.69 Å². The molecule has 0 N–H and O–H groups in total. The Morgan fingerprint density at radius 3 is 2.88 bits per heavy atom. The zero-order valence-electron chi connectivity index (χ0n) is 13.5. The molecule has 0 spiro atoms. The number of hydrogen-bond acceptors (Lipinski definition) is 6. The van der Waals surface area contributed by atoms with Crippen molar-refractivity contribution in [3.05, 3.63) is 30.1 Å². The van der Waals surface area contributed by atoms with E-state index in [4.69, 9.17) is 9.47 Å². The second kappa shape index (κ2) is 5.91. The molecule has 0 saturated carbocycles. The summed E-state index contributed by atoms with van der Waals surface area (Å²) in [5, 5.41) is 8.85. The van der Waals surface area contributed by atoms with E-state index in [1.807, 2.05) is 18.2 Å². The molecular weight excluding hydrogens is 306 g/mol. The largest absolute Gasteiger partial charge is 0.381 e. The number of likely N-dealkylation sites (tertiary alicyclic amines) is 1. The maximum atomic E-state index is 6.17. The first-order chi connectivity index (χ1) is 11.9. The van der Waals surface area contributed by atoms with Gasteiger partial charge in [0.2, 0.25) is 0 Å². The number of rotatable bonds is 2. The van der Waals surface area contributed by atoms with Gasteiger partial charge in [0.15, 0.2) is 0 Å². The van der Waals surface area contributed by atoms with Gasteiger partial charge < -0.3 is 9.47 Å². The maximum absolute atomic E-state index is 6.17. The van der Waals surface area contributed by atoms with Gasteiger partial charge in [-0.15, -0.1) is 5.10 Å². The summed E-state index contributed by atoms with van der Waals surface area (Å²) in [6.45, 7) is 4.26. The van der Waals surface area contributed by atoms with Crippen LogP contribution in [0.3, 0.4) is 0 Å². The van der Waals surface area contributed by atoms with Gasteiger partial charge in [-0.1, -0.05) is 11.3 Å². The van der Waals surface area contributed by atoms with Crippen molar-refractivity contribution >= 4 is 0 Å². The zero-order chi connectivity index (χ0) is 15.9. The van der Waals surface area contributed by atoms with Crippen molar-refractivity contribution in [1.29, 1.82) is 0 Å². The third kappa shape index (κ3) is 2.35.